The number of aromatic nitrogens is 3. The predicted molar refractivity (Wildman–Crippen MR) is 113 cm³/mol. The lowest BCUT2D eigenvalue weighted by atomic mass is 9.85. The van der Waals surface area contributed by atoms with Crippen molar-refractivity contribution in [2.24, 2.45) is 5.92 Å². The molecule has 0 saturated heterocycles. The van der Waals surface area contributed by atoms with Crippen molar-refractivity contribution >= 4 is 34.2 Å². The van der Waals surface area contributed by atoms with Gasteiger partial charge in [-0.1, -0.05) is 12.1 Å². The third-order valence-electron chi connectivity index (χ3n) is 5.42. The minimum atomic E-state index is -0.0639. The number of aryl methyl sites for hydroxylation is 1. The van der Waals surface area contributed by atoms with Gasteiger partial charge in [-0.3, -0.25) is 14.6 Å². The summed E-state index contributed by atoms with van der Waals surface area (Å²) in [5.74, 6) is 1.06. The Bertz CT molecular complexity index is 928. The van der Waals surface area contributed by atoms with E-state index in [-0.39, 0.29) is 23.8 Å². The van der Waals surface area contributed by atoms with Crippen LogP contribution in [0.15, 0.2) is 36.0 Å². The summed E-state index contributed by atoms with van der Waals surface area (Å²) in [6.45, 7) is 0.651. The average Bonchev–Trinajstić information content (AvgIpc) is 3.41. The number of nitrogens with one attached hydrogen (secondary N) is 3. The van der Waals surface area contributed by atoms with Crippen LogP contribution in [-0.2, 0) is 11.2 Å². The largest absolute Gasteiger partial charge is 0.356 e. The first kappa shape index (κ1) is 19.6. The molecule has 0 spiro atoms. The highest BCUT2D eigenvalue weighted by Gasteiger charge is 2.27. The number of rotatable bonds is 7. The Balaban J connectivity index is 1.15. The van der Waals surface area contributed by atoms with Gasteiger partial charge < -0.3 is 15.6 Å². The first-order chi connectivity index (χ1) is 14.2. The molecule has 3 aromatic rings. The number of imidazole rings is 1. The van der Waals surface area contributed by atoms with Crippen molar-refractivity contribution in [1.29, 1.82) is 0 Å². The second-order valence-corrected chi connectivity index (χ2v) is 8.37. The fourth-order valence-corrected chi connectivity index (χ4v) is 4.34. The van der Waals surface area contributed by atoms with Crippen LogP contribution >= 0.6 is 11.3 Å². The number of thiazole rings is 1. The third kappa shape index (κ3) is 5.00. The van der Waals surface area contributed by atoms with E-state index in [1.54, 1.807) is 11.7 Å². The second-order valence-electron chi connectivity index (χ2n) is 7.48. The van der Waals surface area contributed by atoms with E-state index in [4.69, 9.17) is 0 Å². The molecule has 0 unspecified atom stereocenters. The van der Waals surface area contributed by atoms with Gasteiger partial charge in [0.05, 0.1) is 22.7 Å². The third-order valence-corrected chi connectivity index (χ3v) is 6.19. The van der Waals surface area contributed by atoms with Crippen molar-refractivity contribution in [2.75, 3.05) is 6.54 Å². The molecule has 3 N–H and O–H groups in total. The quantitative estimate of drug-likeness (QED) is 0.520. The van der Waals surface area contributed by atoms with Crippen molar-refractivity contribution in [1.82, 2.24) is 25.6 Å². The van der Waals surface area contributed by atoms with Gasteiger partial charge in [0.2, 0.25) is 5.91 Å². The van der Waals surface area contributed by atoms with Crippen LogP contribution in [0, 0.1) is 5.92 Å². The average molecular weight is 412 g/mol. The van der Waals surface area contributed by atoms with Crippen LogP contribution in [0.2, 0.25) is 0 Å². The zero-order valence-corrected chi connectivity index (χ0v) is 17.0. The monoisotopic (exact) mass is 411 g/mol. The first-order valence-electron chi connectivity index (χ1n) is 10.1. The van der Waals surface area contributed by atoms with Crippen molar-refractivity contribution in [3.05, 3.63) is 46.7 Å². The highest BCUT2D eigenvalue weighted by Crippen LogP contribution is 2.25. The zero-order valence-electron chi connectivity index (χ0n) is 16.2. The number of para-hydroxylation sites is 2. The van der Waals surface area contributed by atoms with Crippen LogP contribution in [0.4, 0.5) is 0 Å². The maximum atomic E-state index is 12.4. The summed E-state index contributed by atoms with van der Waals surface area (Å²) in [7, 11) is 0. The molecule has 29 heavy (non-hydrogen) atoms. The Morgan fingerprint density at radius 2 is 2.00 bits per heavy atom. The molecule has 8 heteroatoms. The van der Waals surface area contributed by atoms with Gasteiger partial charge in [0.25, 0.3) is 5.91 Å². The molecule has 0 radical (unpaired) electrons. The molecule has 0 bridgehead atoms. The van der Waals surface area contributed by atoms with E-state index in [9.17, 15) is 9.59 Å². The van der Waals surface area contributed by atoms with E-state index < -0.39 is 0 Å². The summed E-state index contributed by atoms with van der Waals surface area (Å²) < 4.78 is 0. The van der Waals surface area contributed by atoms with Crippen LogP contribution in [-0.4, -0.2) is 39.4 Å². The van der Waals surface area contributed by atoms with E-state index in [1.165, 1.54) is 11.3 Å². The number of nitrogens with zero attached hydrogens (tertiary/aromatic N) is 2. The van der Waals surface area contributed by atoms with E-state index in [0.29, 0.717) is 11.4 Å². The molecular formula is C21H25N5O2S. The summed E-state index contributed by atoms with van der Waals surface area (Å²) in [5, 5.41) is 6.11. The minimum Gasteiger partial charge on any atom is -0.356 e. The van der Waals surface area contributed by atoms with Gasteiger partial charge in [0.1, 0.15) is 10.7 Å². The van der Waals surface area contributed by atoms with E-state index >= 15 is 0 Å². The lowest BCUT2D eigenvalue weighted by Crippen LogP contribution is -2.40. The number of benzene rings is 1. The maximum Gasteiger partial charge on any atom is 0.263 e. The van der Waals surface area contributed by atoms with E-state index in [2.05, 4.69) is 25.6 Å². The summed E-state index contributed by atoms with van der Waals surface area (Å²) in [6.07, 6.45) is 6.54. The van der Waals surface area contributed by atoms with Crippen molar-refractivity contribution in [3.63, 3.8) is 0 Å². The van der Waals surface area contributed by atoms with Gasteiger partial charge in [-0.05, 0) is 44.2 Å². The zero-order chi connectivity index (χ0) is 20.1. The Morgan fingerprint density at radius 3 is 2.76 bits per heavy atom. The molecule has 1 aliphatic rings. The number of carbonyl (C=O) groups is 2. The van der Waals surface area contributed by atoms with Crippen molar-refractivity contribution in [3.8, 4) is 0 Å². The summed E-state index contributed by atoms with van der Waals surface area (Å²) in [6, 6.07) is 8.12. The molecule has 0 aliphatic heterocycles. The number of hydrogen-bond donors (Lipinski definition) is 3. The van der Waals surface area contributed by atoms with Gasteiger partial charge >= 0.3 is 0 Å². The van der Waals surface area contributed by atoms with Crippen LogP contribution in [0.25, 0.3) is 11.0 Å². The molecule has 7 nitrogen and oxygen atoms in total. The van der Waals surface area contributed by atoms with Gasteiger partial charge in [-0.2, -0.15) is 0 Å². The molecule has 2 heterocycles. The molecule has 4 rings (SSSR count). The summed E-state index contributed by atoms with van der Waals surface area (Å²) in [4.78, 5) is 37.0. The lowest BCUT2D eigenvalue weighted by Gasteiger charge is -2.28. The number of fused-ring (bicyclic) bond motifs is 1. The molecule has 1 fully saturated rings. The lowest BCUT2D eigenvalue weighted by molar-refractivity contribution is -0.126. The maximum absolute atomic E-state index is 12.4. The standard InChI is InChI=1S/C21H25N5O2S/c27-20(23-11-3-6-19-25-16-4-1-2-5-17(16)26-19)14-7-9-15(10-8-14)24-21(28)18-12-22-13-29-18/h1-2,4-5,12-15H,3,6-11H2,(H,23,27)(H,24,28)(H,25,26). The molecule has 2 aromatic heterocycles. The molecule has 1 aromatic carbocycles. The number of aromatic amines is 1. The van der Waals surface area contributed by atoms with Crippen LogP contribution in [0.3, 0.4) is 0 Å². The minimum absolute atomic E-state index is 0.0396. The fourth-order valence-electron chi connectivity index (χ4n) is 3.82. The fraction of sp³-hybridized carbons (Fsp3) is 0.429. The molecule has 1 saturated carbocycles. The Morgan fingerprint density at radius 1 is 1.17 bits per heavy atom. The number of hydrogen-bond acceptors (Lipinski definition) is 5. The number of carbonyl (C=O) groups excluding carboxylic acids is 2. The van der Waals surface area contributed by atoms with E-state index in [1.807, 2.05) is 24.3 Å². The van der Waals surface area contributed by atoms with Crippen LogP contribution in [0.5, 0.6) is 0 Å². The number of amides is 2. The molecule has 0 atom stereocenters. The summed E-state index contributed by atoms with van der Waals surface area (Å²) >= 11 is 1.34. The van der Waals surface area contributed by atoms with E-state index in [0.717, 1.165) is 55.4 Å². The topological polar surface area (TPSA) is 99.8 Å². The van der Waals surface area contributed by atoms with Gasteiger partial charge in [0, 0.05) is 24.9 Å². The van der Waals surface area contributed by atoms with Crippen molar-refractivity contribution in [2.45, 2.75) is 44.6 Å². The molecule has 1 aliphatic carbocycles. The Hall–Kier alpha value is -2.74. The van der Waals surface area contributed by atoms with Crippen LogP contribution in [0.1, 0.15) is 47.6 Å². The number of H-pyrrole nitrogens is 1. The second kappa shape index (κ2) is 9.17. The summed E-state index contributed by atoms with van der Waals surface area (Å²) in [5.41, 5.74) is 3.68. The highest BCUT2D eigenvalue weighted by molar-refractivity contribution is 7.11. The van der Waals surface area contributed by atoms with Gasteiger partial charge in [-0.25, -0.2) is 4.98 Å². The first-order valence-corrected chi connectivity index (χ1v) is 11.0. The Kier molecular flexibility index (Phi) is 6.19. The molecule has 152 valence electrons. The van der Waals surface area contributed by atoms with Gasteiger partial charge in [-0.15, -0.1) is 11.3 Å². The van der Waals surface area contributed by atoms with Gasteiger partial charge in [0.15, 0.2) is 0 Å². The SMILES string of the molecule is O=C(NC1CCC(C(=O)NCCCc2nc3ccccc3[nH]2)CC1)c1cncs1. The predicted octanol–water partition coefficient (Wildman–Crippen LogP) is 3.06. The van der Waals surface area contributed by atoms with Crippen molar-refractivity contribution < 1.29 is 9.59 Å². The normalized spacial score (nSPS) is 19.2. The Labute approximate surface area is 173 Å². The molecular weight excluding hydrogens is 386 g/mol. The smallest absolute Gasteiger partial charge is 0.263 e. The molecule has 2 amide bonds. The highest BCUT2D eigenvalue weighted by atomic mass is 32.1. The van der Waals surface area contributed by atoms with Crippen LogP contribution < -0.4 is 10.6 Å².